The molecule has 1 aromatic rings. The molecule has 1 aliphatic rings. The third kappa shape index (κ3) is 1.32. The molecule has 1 heterocycles. The van der Waals surface area contributed by atoms with Crippen LogP contribution in [0.1, 0.15) is 17.5 Å². The van der Waals surface area contributed by atoms with Gasteiger partial charge in [0, 0.05) is 18.7 Å². The zero-order chi connectivity index (χ0) is 9.42. The molecule has 68 valence electrons. The second kappa shape index (κ2) is 2.87. The Kier molecular flexibility index (Phi) is 1.83. The molecule has 0 unspecified atom stereocenters. The molecule has 1 aromatic carbocycles. The number of hydrogen-bond acceptors (Lipinski definition) is 1. The van der Waals surface area contributed by atoms with Crippen LogP contribution in [-0.2, 0) is 4.79 Å². The van der Waals surface area contributed by atoms with Crippen molar-refractivity contribution in [2.24, 2.45) is 0 Å². The van der Waals surface area contributed by atoms with E-state index in [0.29, 0.717) is 6.42 Å². The molecule has 0 aromatic heterocycles. The predicted octanol–water partition coefficient (Wildman–Crippen LogP) is 2.04. The number of amides is 1. The number of β-lactam (4-membered cyclic amide) rings is 1. The number of anilines is 1. The smallest absolute Gasteiger partial charge is 0.228 e. The molecular formula is C11H13NO. The van der Waals surface area contributed by atoms with Crippen LogP contribution in [-0.4, -0.2) is 12.5 Å². The lowest BCUT2D eigenvalue weighted by Crippen LogP contribution is -2.43. The second-order valence-electron chi connectivity index (χ2n) is 3.56. The first kappa shape index (κ1) is 8.30. The minimum atomic E-state index is 0.239. The monoisotopic (exact) mass is 175 g/mol. The van der Waals surface area contributed by atoms with Crippen LogP contribution in [0.4, 0.5) is 5.69 Å². The van der Waals surface area contributed by atoms with Crippen molar-refractivity contribution in [1.29, 1.82) is 0 Å². The van der Waals surface area contributed by atoms with Crippen LogP contribution in [0.25, 0.3) is 0 Å². The number of carbonyl (C=O) groups is 1. The fourth-order valence-electron chi connectivity index (χ4n) is 1.48. The fourth-order valence-corrected chi connectivity index (χ4v) is 1.48. The summed E-state index contributed by atoms with van der Waals surface area (Å²) in [6, 6.07) is 6.15. The van der Waals surface area contributed by atoms with E-state index in [0.717, 1.165) is 12.2 Å². The molecule has 0 bridgehead atoms. The third-order valence-electron chi connectivity index (χ3n) is 2.65. The van der Waals surface area contributed by atoms with Crippen molar-refractivity contribution in [3.05, 3.63) is 29.3 Å². The summed E-state index contributed by atoms with van der Waals surface area (Å²) in [4.78, 5) is 13.0. The quantitative estimate of drug-likeness (QED) is 0.598. The van der Waals surface area contributed by atoms with Gasteiger partial charge in [0.15, 0.2) is 0 Å². The third-order valence-corrected chi connectivity index (χ3v) is 2.65. The maximum Gasteiger partial charge on any atom is 0.228 e. The molecule has 0 aliphatic carbocycles. The van der Waals surface area contributed by atoms with Crippen LogP contribution in [0.3, 0.4) is 0 Å². The zero-order valence-corrected chi connectivity index (χ0v) is 8.00. The highest BCUT2D eigenvalue weighted by molar-refractivity contribution is 5.99. The molecule has 0 saturated carbocycles. The molecule has 2 heteroatoms. The van der Waals surface area contributed by atoms with Gasteiger partial charge in [-0.2, -0.15) is 0 Å². The van der Waals surface area contributed by atoms with E-state index < -0.39 is 0 Å². The maximum atomic E-state index is 11.2. The Morgan fingerprint density at radius 3 is 2.46 bits per heavy atom. The first-order valence-corrected chi connectivity index (χ1v) is 4.56. The Morgan fingerprint density at radius 2 is 2.00 bits per heavy atom. The molecule has 2 nitrogen and oxygen atoms in total. The highest BCUT2D eigenvalue weighted by Gasteiger charge is 2.24. The number of benzene rings is 1. The molecule has 1 amide bonds. The summed E-state index contributed by atoms with van der Waals surface area (Å²) in [7, 11) is 0. The van der Waals surface area contributed by atoms with E-state index in [1.807, 2.05) is 11.0 Å². The van der Waals surface area contributed by atoms with Gasteiger partial charge >= 0.3 is 0 Å². The molecule has 1 fully saturated rings. The summed E-state index contributed by atoms with van der Waals surface area (Å²) in [5.41, 5.74) is 3.56. The lowest BCUT2D eigenvalue weighted by atomic mass is 10.1. The number of rotatable bonds is 1. The minimum Gasteiger partial charge on any atom is -0.312 e. The lowest BCUT2D eigenvalue weighted by Gasteiger charge is -2.31. The van der Waals surface area contributed by atoms with Gasteiger partial charge < -0.3 is 4.90 Å². The second-order valence-corrected chi connectivity index (χ2v) is 3.56. The molecule has 13 heavy (non-hydrogen) atoms. The fraction of sp³-hybridized carbons (Fsp3) is 0.364. The molecule has 0 atom stereocenters. The van der Waals surface area contributed by atoms with Crippen LogP contribution in [0.15, 0.2) is 18.2 Å². The van der Waals surface area contributed by atoms with Crippen molar-refractivity contribution in [3.63, 3.8) is 0 Å². The number of carbonyl (C=O) groups excluding carboxylic acids is 1. The molecule has 1 saturated heterocycles. The summed E-state index contributed by atoms with van der Waals surface area (Å²) in [5.74, 6) is 0.239. The SMILES string of the molecule is Cc1ccc(N2CCC2=O)cc1C. The van der Waals surface area contributed by atoms with Crippen molar-refractivity contribution in [2.45, 2.75) is 20.3 Å². The molecule has 0 spiro atoms. The Morgan fingerprint density at radius 1 is 1.23 bits per heavy atom. The summed E-state index contributed by atoms with van der Waals surface area (Å²) >= 11 is 0. The van der Waals surface area contributed by atoms with Crippen LogP contribution < -0.4 is 4.90 Å². The standard InChI is InChI=1S/C11H13NO/c1-8-3-4-10(7-9(8)2)12-6-5-11(12)13/h3-4,7H,5-6H2,1-2H3. The van der Waals surface area contributed by atoms with Crippen molar-refractivity contribution in [1.82, 2.24) is 0 Å². The largest absolute Gasteiger partial charge is 0.312 e. The van der Waals surface area contributed by atoms with Gasteiger partial charge in [0.05, 0.1) is 0 Å². The van der Waals surface area contributed by atoms with E-state index >= 15 is 0 Å². The van der Waals surface area contributed by atoms with Gasteiger partial charge in [0.2, 0.25) is 5.91 Å². The number of aryl methyl sites for hydroxylation is 2. The van der Waals surface area contributed by atoms with Gasteiger partial charge in [0.1, 0.15) is 0 Å². The Labute approximate surface area is 78.2 Å². The number of hydrogen-bond donors (Lipinski definition) is 0. The molecule has 2 rings (SSSR count). The van der Waals surface area contributed by atoms with Crippen molar-refractivity contribution >= 4 is 11.6 Å². The predicted molar refractivity (Wildman–Crippen MR) is 52.9 cm³/mol. The average molecular weight is 175 g/mol. The summed E-state index contributed by atoms with van der Waals surface area (Å²) in [6.45, 7) is 5.03. The zero-order valence-electron chi connectivity index (χ0n) is 8.00. The summed E-state index contributed by atoms with van der Waals surface area (Å²) in [5, 5.41) is 0. The summed E-state index contributed by atoms with van der Waals surface area (Å²) in [6.07, 6.45) is 0.701. The first-order valence-electron chi connectivity index (χ1n) is 4.56. The highest BCUT2D eigenvalue weighted by Crippen LogP contribution is 2.23. The van der Waals surface area contributed by atoms with Gasteiger partial charge in [-0.25, -0.2) is 0 Å². The van der Waals surface area contributed by atoms with E-state index in [1.54, 1.807) is 0 Å². The number of nitrogens with zero attached hydrogens (tertiary/aromatic N) is 1. The Hall–Kier alpha value is -1.31. The molecule has 1 aliphatic heterocycles. The van der Waals surface area contributed by atoms with Crippen LogP contribution >= 0.6 is 0 Å². The van der Waals surface area contributed by atoms with Gasteiger partial charge in [-0.3, -0.25) is 4.79 Å². The van der Waals surface area contributed by atoms with E-state index in [1.165, 1.54) is 11.1 Å². The Balaban J connectivity index is 2.31. The normalized spacial score (nSPS) is 15.8. The van der Waals surface area contributed by atoms with Gasteiger partial charge in [-0.05, 0) is 37.1 Å². The lowest BCUT2D eigenvalue weighted by molar-refractivity contribution is -0.122. The van der Waals surface area contributed by atoms with E-state index in [2.05, 4.69) is 26.0 Å². The molecular weight excluding hydrogens is 162 g/mol. The average Bonchev–Trinajstić information content (AvgIpc) is 2.09. The van der Waals surface area contributed by atoms with Crippen LogP contribution in [0, 0.1) is 13.8 Å². The van der Waals surface area contributed by atoms with Crippen LogP contribution in [0.2, 0.25) is 0 Å². The van der Waals surface area contributed by atoms with Crippen LogP contribution in [0.5, 0.6) is 0 Å². The topological polar surface area (TPSA) is 20.3 Å². The van der Waals surface area contributed by atoms with E-state index in [4.69, 9.17) is 0 Å². The summed E-state index contributed by atoms with van der Waals surface area (Å²) < 4.78 is 0. The Bertz CT molecular complexity index is 357. The van der Waals surface area contributed by atoms with E-state index in [9.17, 15) is 4.79 Å². The highest BCUT2D eigenvalue weighted by atomic mass is 16.2. The maximum absolute atomic E-state index is 11.2. The van der Waals surface area contributed by atoms with Gasteiger partial charge in [0.25, 0.3) is 0 Å². The molecule has 0 N–H and O–H groups in total. The van der Waals surface area contributed by atoms with Gasteiger partial charge in [-0.15, -0.1) is 0 Å². The van der Waals surface area contributed by atoms with Crippen molar-refractivity contribution < 1.29 is 4.79 Å². The van der Waals surface area contributed by atoms with Gasteiger partial charge in [-0.1, -0.05) is 6.07 Å². The first-order chi connectivity index (χ1) is 6.18. The van der Waals surface area contributed by atoms with Crippen molar-refractivity contribution in [3.8, 4) is 0 Å². The van der Waals surface area contributed by atoms with Crippen molar-refractivity contribution in [2.75, 3.05) is 11.4 Å². The minimum absolute atomic E-state index is 0.239. The van der Waals surface area contributed by atoms with E-state index in [-0.39, 0.29) is 5.91 Å². The molecule has 0 radical (unpaired) electrons.